The lowest BCUT2D eigenvalue weighted by atomic mass is 10.2. The molecule has 0 radical (unpaired) electrons. The summed E-state index contributed by atoms with van der Waals surface area (Å²) >= 11 is 5.81. The number of nitrogens with zero attached hydrogens (tertiary/aromatic N) is 4. The number of hydrogen-bond donors (Lipinski definition) is 3. The van der Waals surface area contributed by atoms with Gasteiger partial charge in [-0.3, -0.25) is 0 Å². The number of nitrogens with one attached hydrogen (secondary N) is 2. The van der Waals surface area contributed by atoms with Gasteiger partial charge in [-0.15, -0.1) is 0 Å². The van der Waals surface area contributed by atoms with E-state index >= 15 is 0 Å². The Morgan fingerprint density at radius 1 is 1.23 bits per heavy atom. The van der Waals surface area contributed by atoms with Crippen LogP contribution < -0.4 is 10.6 Å². The number of aromatic nitrogens is 4. The number of hydrogen-bond acceptors (Lipinski definition) is 5. The van der Waals surface area contributed by atoms with Gasteiger partial charge in [0.05, 0.1) is 18.1 Å². The second-order valence-corrected chi connectivity index (χ2v) is 5.45. The number of aliphatic hydroxyl groups is 1. The Bertz CT molecular complexity index is 853. The first-order chi connectivity index (χ1) is 12.6. The van der Waals surface area contributed by atoms with Crippen LogP contribution in [0.3, 0.4) is 0 Å². The zero-order valence-corrected chi connectivity index (χ0v) is 15.1. The summed E-state index contributed by atoms with van der Waals surface area (Å²) in [7, 11) is 1.00. The predicted molar refractivity (Wildman–Crippen MR) is 99.3 cm³/mol. The summed E-state index contributed by atoms with van der Waals surface area (Å²) in [6.45, 7) is 2.30. The minimum atomic E-state index is -0.309. The highest BCUT2D eigenvalue weighted by molar-refractivity contribution is 6.28. The highest BCUT2D eigenvalue weighted by Gasteiger charge is 2.09. The van der Waals surface area contributed by atoms with Gasteiger partial charge < -0.3 is 15.7 Å². The summed E-state index contributed by atoms with van der Waals surface area (Å²) in [6, 6.07) is 9.36. The van der Waals surface area contributed by atoms with Crippen LogP contribution in [0.1, 0.15) is 11.1 Å². The maximum absolute atomic E-state index is 11.9. The van der Waals surface area contributed by atoms with E-state index in [2.05, 4.69) is 25.7 Å². The summed E-state index contributed by atoms with van der Waals surface area (Å²) in [5.41, 5.74) is 2.40. The topological polar surface area (TPSA) is 105 Å². The highest BCUT2D eigenvalue weighted by Crippen LogP contribution is 2.14. The monoisotopic (exact) mass is 374 g/mol. The lowest BCUT2D eigenvalue weighted by Crippen LogP contribution is -2.27. The smallest absolute Gasteiger partial charge is 0.319 e. The predicted octanol–water partition coefficient (Wildman–Crippen LogP) is 2.55. The van der Waals surface area contributed by atoms with E-state index in [1.807, 2.05) is 37.3 Å². The summed E-state index contributed by atoms with van der Waals surface area (Å²) in [5.74, 6) is 0.563. The van der Waals surface area contributed by atoms with Crippen molar-refractivity contribution in [2.75, 3.05) is 12.4 Å². The molecule has 0 aliphatic rings. The SMILES string of the molecule is CO.Cc1cnc(Cl)nc1-n1cc(NC(=O)NCc2ccccc2)cn1. The van der Waals surface area contributed by atoms with Crippen molar-refractivity contribution in [3.8, 4) is 5.82 Å². The Morgan fingerprint density at radius 2 is 1.96 bits per heavy atom. The second kappa shape index (κ2) is 9.50. The van der Waals surface area contributed by atoms with E-state index in [1.54, 1.807) is 12.4 Å². The molecule has 0 saturated heterocycles. The maximum Gasteiger partial charge on any atom is 0.319 e. The number of carbonyl (C=O) groups excluding carboxylic acids is 1. The van der Waals surface area contributed by atoms with E-state index < -0.39 is 0 Å². The number of aliphatic hydroxyl groups excluding tert-OH is 1. The first-order valence-electron chi connectivity index (χ1n) is 7.69. The number of amides is 2. The van der Waals surface area contributed by atoms with Crippen molar-refractivity contribution in [1.82, 2.24) is 25.1 Å². The molecule has 3 aromatic rings. The fourth-order valence-corrected chi connectivity index (χ4v) is 2.23. The molecule has 3 N–H and O–H groups in total. The Balaban J connectivity index is 0.00000117. The van der Waals surface area contributed by atoms with Crippen molar-refractivity contribution in [3.05, 3.63) is 65.3 Å². The number of anilines is 1. The fourth-order valence-electron chi connectivity index (χ4n) is 2.10. The van der Waals surface area contributed by atoms with Gasteiger partial charge in [-0.2, -0.15) is 10.1 Å². The Morgan fingerprint density at radius 3 is 2.69 bits per heavy atom. The van der Waals surface area contributed by atoms with Gasteiger partial charge in [0, 0.05) is 25.4 Å². The summed E-state index contributed by atoms with van der Waals surface area (Å²) in [5, 5.41) is 16.8. The standard InChI is InChI=1S/C16H15ClN6O.CH4O/c1-11-7-18-15(17)22-14(11)23-10-13(9-20-23)21-16(24)19-8-12-5-3-2-4-6-12;1-2/h2-7,9-10H,8H2,1H3,(H2,19,21,24);2H,1H3. The zero-order chi connectivity index (χ0) is 18.9. The van der Waals surface area contributed by atoms with Crippen molar-refractivity contribution in [3.63, 3.8) is 0 Å². The van der Waals surface area contributed by atoms with Crippen molar-refractivity contribution in [2.45, 2.75) is 13.5 Å². The largest absolute Gasteiger partial charge is 0.400 e. The van der Waals surface area contributed by atoms with Crippen molar-refractivity contribution < 1.29 is 9.90 Å². The molecule has 3 rings (SSSR count). The first-order valence-corrected chi connectivity index (χ1v) is 8.07. The molecule has 0 atom stereocenters. The molecule has 136 valence electrons. The second-order valence-electron chi connectivity index (χ2n) is 5.11. The van der Waals surface area contributed by atoms with E-state index in [0.717, 1.165) is 18.2 Å². The van der Waals surface area contributed by atoms with E-state index in [-0.39, 0.29) is 11.3 Å². The normalized spacial score (nSPS) is 9.85. The minimum absolute atomic E-state index is 0.140. The lowest BCUT2D eigenvalue weighted by molar-refractivity contribution is 0.251. The quantitative estimate of drug-likeness (QED) is 0.609. The third-order valence-electron chi connectivity index (χ3n) is 3.27. The Labute approximate surface area is 155 Å². The van der Waals surface area contributed by atoms with Crippen LogP contribution in [-0.2, 0) is 6.54 Å². The third kappa shape index (κ3) is 5.27. The van der Waals surface area contributed by atoms with Crippen LogP contribution >= 0.6 is 11.6 Å². The highest BCUT2D eigenvalue weighted by atomic mass is 35.5. The molecule has 26 heavy (non-hydrogen) atoms. The molecule has 0 aliphatic carbocycles. The van der Waals surface area contributed by atoms with E-state index in [1.165, 1.54) is 10.9 Å². The number of urea groups is 1. The molecule has 1 aromatic carbocycles. The Kier molecular flexibility index (Phi) is 7.07. The molecular formula is C17H19ClN6O2. The third-order valence-corrected chi connectivity index (χ3v) is 3.45. The summed E-state index contributed by atoms with van der Waals surface area (Å²) < 4.78 is 1.54. The number of benzene rings is 1. The van der Waals surface area contributed by atoms with E-state index in [4.69, 9.17) is 16.7 Å². The van der Waals surface area contributed by atoms with Gasteiger partial charge in [0.1, 0.15) is 0 Å². The summed E-state index contributed by atoms with van der Waals surface area (Å²) in [6.07, 6.45) is 4.82. The molecule has 0 saturated carbocycles. The Hall–Kier alpha value is -2.97. The first kappa shape index (κ1) is 19.4. The average Bonchev–Trinajstić information content (AvgIpc) is 3.13. The lowest BCUT2D eigenvalue weighted by Gasteiger charge is -2.06. The average molecular weight is 375 g/mol. The molecule has 8 nitrogen and oxygen atoms in total. The van der Waals surface area contributed by atoms with Crippen LogP contribution in [0.15, 0.2) is 48.9 Å². The van der Waals surface area contributed by atoms with Gasteiger partial charge in [0.25, 0.3) is 0 Å². The van der Waals surface area contributed by atoms with Crippen molar-refractivity contribution >= 4 is 23.3 Å². The molecule has 2 heterocycles. The van der Waals surface area contributed by atoms with Crippen LogP contribution in [0.4, 0.5) is 10.5 Å². The van der Waals surface area contributed by atoms with Gasteiger partial charge >= 0.3 is 6.03 Å². The molecule has 2 aromatic heterocycles. The summed E-state index contributed by atoms with van der Waals surface area (Å²) in [4.78, 5) is 20.0. The molecule has 0 bridgehead atoms. The van der Waals surface area contributed by atoms with Crippen molar-refractivity contribution in [2.24, 2.45) is 0 Å². The number of aryl methyl sites for hydroxylation is 1. The maximum atomic E-state index is 11.9. The van der Waals surface area contributed by atoms with Gasteiger partial charge in [-0.1, -0.05) is 30.3 Å². The minimum Gasteiger partial charge on any atom is -0.400 e. The number of rotatable bonds is 4. The molecule has 0 fully saturated rings. The molecular weight excluding hydrogens is 356 g/mol. The fraction of sp³-hybridized carbons (Fsp3) is 0.176. The van der Waals surface area contributed by atoms with Gasteiger partial charge in [-0.25, -0.2) is 14.5 Å². The zero-order valence-electron chi connectivity index (χ0n) is 14.3. The van der Waals surface area contributed by atoms with Crippen LogP contribution in [0.25, 0.3) is 5.82 Å². The molecule has 9 heteroatoms. The number of carbonyl (C=O) groups is 1. The molecule has 0 spiro atoms. The molecule has 2 amide bonds. The van der Waals surface area contributed by atoms with Gasteiger partial charge in [-0.05, 0) is 24.1 Å². The van der Waals surface area contributed by atoms with Crippen LogP contribution in [-0.4, -0.2) is 38.0 Å². The molecule has 0 aliphatic heterocycles. The van der Waals surface area contributed by atoms with Crippen LogP contribution in [0, 0.1) is 6.92 Å². The van der Waals surface area contributed by atoms with Crippen LogP contribution in [0.5, 0.6) is 0 Å². The van der Waals surface area contributed by atoms with E-state index in [0.29, 0.717) is 18.1 Å². The number of halogens is 1. The van der Waals surface area contributed by atoms with Gasteiger partial charge in [0.15, 0.2) is 5.82 Å². The van der Waals surface area contributed by atoms with Crippen LogP contribution in [0.2, 0.25) is 5.28 Å². The van der Waals surface area contributed by atoms with Gasteiger partial charge in [0.2, 0.25) is 5.28 Å². The van der Waals surface area contributed by atoms with Crippen molar-refractivity contribution in [1.29, 1.82) is 0 Å². The molecule has 0 unspecified atom stereocenters. The van der Waals surface area contributed by atoms with E-state index in [9.17, 15) is 4.79 Å².